The number of nitro benzene ring substituents is 1. The Morgan fingerprint density at radius 2 is 2.10 bits per heavy atom. The van der Waals surface area contributed by atoms with Crippen LogP contribution in [0.3, 0.4) is 0 Å². The molecular weight excluding hydrogens is 276 g/mol. The van der Waals surface area contributed by atoms with Gasteiger partial charge in [0.1, 0.15) is 5.69 Å². The second-order valence-corrected chi connectivity index (χ2v) is 6.36. The number of aromatic nitrogens is 1. The van der Waals surface area contributed by atoms with Crippen molar-refractivity contribution in [3.8, 4) is 0 Å². The standard InChI is InChI=1S/C13H14N4O2S/c18-17(19)13-10(1-2-11-12(13)15-7-20-11)16-5-8-3-14-4-9(8)6-16/h1-2,7-9,14H,3-6H2. The van der Waals surface area contributed by atoms with Gasteiger partial charge in [-0.2, -0.15) is 0 Å². The number of hydrogen-bond donors (Lipinski definition) is 1. The first-order valence-corrected chi connectivity index (χ1v) is 7.58. The van der Waals surface area contributed by atoms with Crippen LogP contribution in [0.15, 0.2) is 17.6 Å². The number of nitrogens with one attached hydrogen (secondary N) is 1. The largest absolute Gasteiger partial charge is 0.365 e. The van der Waals surface area contributed by atoms with E-state index in [1.165, 1.54) is 11.3 Å². The van der Waals surface area contributed by atoms with Crippen molar-refractivity contribution < 1.29 is 4.92 Å². The van der Waals surface area contributed by atoms with Crippen LogP contribution < -0.4 is 10.2 Å². The molecule has 0 amide bonds. The van der Waals surface area contributed by atoms with E-state index >= 15 is 0 Å². The Morgan fingerprint density at radius 3 is 2.80 bits per heavy atom. The predicted octanol–water partition coefficient (Wildman–Crippen LogP) is 1.86. The lowest BCUT2D eigenvalue weighted by Crippen LogP contribution is -2.26. The molecule has 6 nitrogen and oxygen atoms in total. The highest BCUT2D eigenvalue weighted by atomic mass is 32.1. The minimum absolute atomic E-state index is 0.164. The Kier molecular flexibility index (Phi) is 2.64. The molecule has 1 aromatic carbocycles. The van der Waals surface area contributed by atoms with Crippen molar-refractivity contribution in [3.63, 3.8) is 0 Å². The van der Waals surface area contributed by atoms with E-state index in [-0.39, 0.29) is 10.6 Å². The maximum Gasteiger partial charge on any atom is 0.319 e. The third-order valence-electron chi connectivity index (χ3n) is 4.37. The fourth-order valence-corrected chi connectivity index (χ4v) is 4.07. The molecule has 104 valence electrons. The molecule has 2 unspecified atom stereocenters. The summed E-state index contributed by atoms with van der Waals surface area (Å²) in [7, 11) is 0. The molecular formula is C13H14N4O2S. The minimum atomic E-state index is -0.288. The van der Waals surface area contributed by atoms with Gasteiger partial charge < -0.3 is 10.2 Å². The summed E-state index contributed by atoms with van der Waals surface area (Å²) in [6.45, 7) is 3.84. The fraction of sp³-hybridized carbons (Fsp3) is 0.462. The summed E-state index contributed by atoms with van der Waals surface area (Å²) in [6.07, 6.45) is 0. The Morgan fingerprint density at radius 1 is 1.35 bits per heavy atom. The maximum atomic E-state index is 11.5. The molecule has 1 N–H and O–H groups in total. The van der Waals surface area contributed by atoms with Gasteiger partial charge in [-0.1, -0.05) is 0 Å². The van der Waals surface area contributed by atoms with Gasteiger partial charge in [-0.3, -0.25) is 10.1 Å². The molecule has 0 radical (unpaired) electrons. The van der Waals surface area contributed by atoms with Crippen LogP contribution in [0.4, 0.5) is 11.4 Å². The summed E-state index contributed by atoms with van der Waals surface area (Å²) < 4.78 is 0.876. The maximum absolute atomic E-state index is 11.5. The van der Waals surface area contributed by atoms with Gasteiger partial charge in [0.2, 0.25) is 0 Å². The van der Waals surface area contributed by atoms with Crippen LogP contribution in [0.5, 0.6) is 0 Å². The summed E-state index contributed by atoms with van der Waals surface area (Å²) >= 11 is 1.44. The highest BCUT2D eigenvalue weighted by molar-refractivity contribution is 7.16. The van der Waals surface area contributed by atoms with Crippen molar-refractivity contribution in [2.45, 2.75) is 0 Å². The van der Waals surface area contributed by atoms with Crippen LogP contribution in [0.25, 0.3) is 10.2 Å². The lowest BCUT2D eigenvalue weighted by Gasteiger charge is -2.19. The van der Waals surface area contributed by atoms with Crippen LogP contribution in [0, 0.1) is 22.0 Å². The lowest BCUT2D eigenvalue weighted by atomic mass is 10.0. The molecule has 0 spiro atoms. The average Bonchev–Trinajstić information content (AvgIpc) is 3.11. The van der Waals surface area contributed by atoms with Crippen molar-refractivity contribution in [2.24, 2.45) is 11.8 Å². The predicted molar refractivity (Wildman–Crippen MR) is 78.3 cm³/mol. The molecule has 0 saturated carbocycles. The van der Waals surface area contributed by atoms with E-state index in [2.05, 4.69) is 15.2 Å². The molecule has 2 aliphatic rings. The number of hydrogen-bond acceptors (Lipinski definition) is 6. The first-order chi connectivity index (χ1) is 9.74. The summed E-state index contributed by atoms with van der Waals surface area (Å²) in [5.41, 5.74) is 3.08. The number of rotatable bonds is 2. The number of benzene rings is 1. The first-order valence-electron chi connectivity index (χ1n) is 6.70. The normalized spacial score (nSPS) is 25.3. The van der Waals surface area contributed by atoms with Gasteiger partial charge in [0, 0.05) is 26.2 Å². The van der Waals surface area contributed by atoms with Crippen LogP contribution in [0.2, 0.25) is 0 Å². The Balaban J connectivity index is 1.79. The zero-order valence-corrected chi connectivity index (χ0v) is 11.6. The molecule has 2 fully saturated rings. The van der Waals surface area contributed by atoms with Crippen LogP contribution in [-0.2, 0) is 0 Å². The lowest BCUT2D eigenvalue weighted by molar-refractivity contribution is -0.382. The summed E-state index contributed by atoms with van der Waals surface area (Å²) in [4.78, 5) is 17.5. The van der Waals surface area contributed by atoms with Crippen LogP contribution in [0.1, 0.15) is 0 Å². The summed E-state index contributed by atoms with van der Waals surface area (Å²) in [5.74, 6) is 1.22. The molecule has 20 heavy (non-hydrogen) atoms. The van der Waals surface area contributed by atoms with Crippen molar-refractivity contribution in [1.82, 2.24) is 10.3 Å². The van der Waals surface area contributed by atoms with Crippen molar-refractivity contribution in [1.29, 1.82) is 0 Å². The fourth-order valence-electron chi connectivity index (χ4n) is 3.39. The Bertz CT molecular complexity index is 674. The number of anilines is 1. The van der Waals surface area contributed by atoms with E-state index < -0.39 is 0 Å². The molecule has 2 aromatic rings. The number of thiazole rings is 1. The number of nitrogens with zero attached hydrogens (tertiary/aromatic N) is 3. The summed E-state index contributed by atoms with van der Waals surface area (Å²) in [6, 6.07) is 3.83. The molecule has 7 heteroatoms. The smallest absolute Gasteiger partial charge is 0.319 e. The van der Waals surface area contributed by atoms with Gasteiger partial charge >= 0.3 is 5.69 Å². The monoisotopic (exact) mass is 290 g/mol. The molecule has 2 aliphatic heterocycles. The second-order valence-electron chi connectivity index (χ2n) is 5.47. The number of nitro groups is 1. The minimum Gasteiger partial charge on any atom is -0.365 e. The van der Waals surface area contributed by atoms with E-state index in [1.807, 2.05) is 12.1 Å². The molecule has 2 atom stereocenters. The highest BCUT2D eigenvalue weighted by Crippen LogP contribution is 2.40. The van der Waals surface area contributed by atoms with Crippen molar-refractivity contribution in [2.75, 3.05) is 31.1 Å². The molecule has 0 aliphatic carbocycles. The zero-order chi connectivity index (χ0) is 13.7. The molecule has 4 rings (SSSR count). The topological polar surface area (TPSA) is 71.3 Å². The van der Waals surface area contributed by atoms with Crippen LogP contribution in [-0.4, -0.2) is 36.1 Å². The van der Waals surface area contributed by atoms with Gasteiger partial charge in [0.05, 0.1) is 15.1 Å². The first kappa shape index (κ1) is 12.0. The Hall–Kier alpha value is -1.73. The summed E-state index contributed by atoms with van der Waals surface area (Å²) in [5, 5.41) is 14.9. The third kappa shape index (κ3) is 1.70. The number of fused-ring (bicyclic) bond motifs is 2. The molecule has 1 aromatic heterocycles. The van der Waals surface area contributed by atoms with E-state index in [4.69, 9.17) is 0 Å². The van der Waals surface area contributed by atoms with Gasteiger partial charge in [-0.15, -0.1) is 11.3 Å². The SMILES string of the molecule is O=[N+]([O-])c1c(N2CC3CNCC3C2)ccc2scnc12. The van der Waals surface area contributed by atoms with E-state index in [9.17, 15) is 10.1 Å². The highest BCUT2D eigenvalue weighted by Gasteiger charge is 2.38. The quantitative estimate of drug-likeness (QED) is 0.675. The third-order valence-corrected chi connectivity index (χ3v) is 5.16. The van der Waals surface area contributed by atoms with Crippen molar-refractivity contribution >= 4 is 32.9 Å². The Labute approximate surface area is 119 Å². The van der Waals surface area contributed by atoms with Gasteiger partial charge in [-0.25, -0.2) is 4.98 Å². The molecule has 2 saturated heterocycles. The van der Waals surface area contributed by atoms with Gasteiger partial charge in [-0.05, 0) is 24.0 Å². The van der Waals surface area contributed by atoms with Gasteiger partial charge in [0.15, 0.2) is 5.52 Å². The van der Waals surface area contributed by atoms with Gasteiger partial charge in [0.25, 0.3) is 0 Å². The average molecular weight is 290 g/mol. The van der Waals surface area contributed by atoms with E-state index in [1.54, 1.807) is 5.51 Å². The molecule has 3 heterocycles. The molecule has 0 bridgehead atoms. The van der Waals surface area contributed by atoms with E-state index in [0.717, 1.165) is 36.6 Å². The van der Waals surface area contributed by atoms with Crippen molar-refractivity contribution in [3.05, 3.63) is 27.8 Å². The second kappa shape index (κ2) is 4.39. The van der Waals surface area contributed by atoms with E-state index in [0.29, 0.717) is 17.4 Å². The zero-order valence-electron chi connectivity index (χ0n) is 10.8. The van der Waals surface area contributed by atoms with Crippen LogP contribution >= 0.6 is 11.3 Å².